The van der Waals surface area contributed by atoms with Crippen LogP contribution in [0.25, 0.3) is 10.9 Å². The summed E-state index contributed by atoms with van der Waals surface area (Å²) in [5.74, 6) is -1.59. The number of benzene rings is 2. The predicted octanol–water partition coefficient (Wildman–Crippen LogP) is 5.95. The Morgan fingerprint density at radius 2 is 1.74 bits per heavy atom. The van der Waals surface area contributed by atoms with Crippen molar-refractivity contribution in [2.75, 3.05) is 0 Å². The lowest BCUT2D eigenvalue weighted by Gasteiger charge is -2.22. The van der Waals surface area contributed by atoms with Gasteiger partial charge in [-0.2, -0.15) is 18.4 Å². The average molecular weight is 530 g/mol. The zero-order chi connectivity index (χ0) is 24.8. The molecule has 0 radical (unpaired) electrons. The first-order valence-electron chi connectivity index (χ1n) is 9.81. The SMILES string of the molecule is N#CC1(NC(=O)c2cc3cc(C(=O)NC(c4ccc(Cl)c(Cl)c4)C(F)(F)F)[nH]c3cc2Cl)CC1. The predicted molar refractivity (Wildman–Crippen MR) is 121 cm³/mol. The number of rotatable bonds is 5. The van der Waals surface area contributed by atoms with Crippen molar-refractivity contribution in [1.29, 1.82) is 5.26 Å². The van der Waals surface area contributed by atoms with E-state index in [0.29, 0.717) is 23.7 Å². The van der Waals surface area contributed by atoms with Crippen molar-refractivity contribution < 1.29 is 22.8 Å². The van der Waals surface area contributed by atoms with E-state index in [1.807, 2.05) is 11.4 Å². The fourth-order valence-corrected chi connectivity index (χ4v) is 3.94. The number of H-pyrrole nitrogens is 1. The Morgan fingerprint density at radius 1 is 1.03 bits per heavy atom. The highest BCUT2D eigenvalue weighted by molar-refractivity contribution is 6.42. The number of nitrogens with one attached hydrogen (secondary N) is 3. The van der Waals surface area contributed by atoms with E-state index < -0.39 is 29.6 Å². The molecule has 3 aromatic rings. The maximum atomic E-state index is 13.7. The summed E-state index contributed by atoms with van der Waals surface area (Å²) in [5.41, 5.74) is -0.958. The smallest absolute Gasteiger partial charge is 0.350 e. The van der Waals surface area contributed by atoms with Crippen LogP contribution in [0.3, 0.4) is 0 Å². The van der Waals surface area contributed by atoms with E-state index in [2.05, 4.69) is 10.3 Å². The van der Waals surface area contributed by atoms with E-state index in [4.69, 9.17) is 40.1 Å². The molecule has 6 nitrogen and oxygen atoms in total. The average Bonchev–Trinajstić information content (AvgIpc) is 3.41. The van der Waals surface area contributed by atoms with Crippen LogP contribution in [0.1, 0.15) is 45.3 Å². The number of carbonyl (C=O) groups excluding carboxylic acids is 2. The van der Waals surface area contributed by atoms with Crippen molar-refractivity contribution in [2.45, 2.75) is 30.6 Å². The number of aromatic amines is 1. The maximum Gasteiger partial charge on any atom is 0.412 e. The molecule has 0 bridgehead atoms. The lowest BCUT2D eigenvalue weighted by molar-refractivity contribution is -0.155. The Bertz CT molecular complexity index is 1360. The molecule has 176 valence electrons. The van der Waals surface area contributed by atoms with Crippen molar-refractivity contribution in [1.82, 2.24) is 15.6 Å². The molecule has 12 heteroatoms. The molecule has 1 aliphatic rings. The molecular formula is C22H14Cl3F3N4O2. The molecule has 1 atom stereocenters. The first-order valence-corrected chi connectivity index (χ1v) is 10.9. The van der Waals surface area contributed by atoms with Crippen molar-refractivity contribution in [2.24, 2.45) is 0 Å². The first-order chi connectivity index (χ1) is 15.9. The first kappa shape index (κ1) is 24.2. The van der Waals surface area contributed by atoms with Crippen LogP contribution in [-0.2, 0) is 0 Å². The summed E-state index contributed by atoms with van der Waals surface area (Å²) in [5, 5.41) is 14.1. The van der Waals surface area contributed by atoms with Gasteiger partial charge in [0.05, 0.1) is 26.7 Å². The number of amides is 2. The third-order valence-corrected chi connectivity index (χ3v) is 6.45. The number of aromatic nitrogens is 1. The molecule has 2 amide bonds. The Kier molecular flexibility index (Phi) is 6.19. The van der Waals surface area contributed by atoms with Gasteiger partial charge in [-0.3, -0.25) is 9.59 Å². The molecule has 1 aromatic heterocycles. The normalized spacial score (nSPS) is 15.4. The van der Waals surface area contributed by atoms with Crippen molar-refractivity contribution in [3.8, 4) is 6.07 Å². The number of hydrogen-bond acceptors (Lipinski definition) is 3. The number of alkyl halides is 3. The zero-order valence-corrected chi connectivity index (χ0v) is 19.3. The largest absolute Gasteiger partial charge is 0.412 e. The summed E-state index contributed by atoms with van der Waals surface area (Å²) in [6.45, 7) is 0. The molecule has 2 aromatic carbocycles. The van der Waals surface area contributed by atoms with E-state index in [1.54, 1.807) is 0 Å². The quantitative estimate of drug-likeness (QED) is 0.381. The molecule has 0 saturated heterocycles. The van der Waals surface area contributed by atoms with Gasteiger partial charge in [0.15, 0.2) is 6.04 Å². The minimum absolute atomic E-state index is 0.0523. The summed E-state index contributed by atoms with van der Waals surface area (Å²) < 4.78 is 41.1. The van der Waals surface area contributed by atoms with Crippen molar-refractivity contribution in [3.05, 3.63) is 68.3 Å². The van der Waals surface area contributed by atoms with Gasteiger partial charge < -0.3 is 15.6 Å². The lowest BCUT2D eigenvalue weighted by atomic mass is 10.1. The monoisotopic (exact) mass is 528 g/mol. The molecule has 1 heterocycles. The van der Waals surface area contributed by atoms with Crippen LogP contribution in [0.2, 0.25) is 15.1 Å². The van der Waals surface area contributed by atoms with Gasteiger partial charge >= 0.3 is 6.18 Å². The molecule has 1 aliphatic carbocycles. The molecule has 0 spiro atoms. The minimum Gasteiger partial charge on any atom is -0.350 e. The number of fused-ring (bicyclic) bond motifs is 1. The minimum atomic E-state index is -4.81. The van der Waals surface area contributed by atoms with Crippen LogP contribution >= 0.6 is 34.8 Å². The maximum absolute atomic E-state index is 13.7. The fourth-order valence-electron chi connectivity index (χ4n) is 3.38. The summed E-state index contributed by atoms with van der Waals surface area (Å²) in [4.78, 5) is 27.9. The highest BCUT2D eigenvalue weighted by atomic mass is 35.5. The topological polar surface area (TPSA) is 97.8 Å². The Morgan fingerprint density at radius 3 is 2.32 bits per heavy atom. The van der Waals surface area contributed by atoms with Crippen molar-refractivity contribution >= 4 is 57.5 Å². The molecule has 1 unspecified atom stereocenters. The second-order valence-electron chi connectivity index (χ2n) is 7.87. The molecule has 1 fully saturated rings. The van der Waals surface area contributed by atoms with Gasteiger partial charge in [0.1, 0.15) is 11.2 Å². The van der Waals surface area contributed by atoms with Crippen molar-refractivity contribution in [3.63, 3.8) is 0 Å². The van der Waals surface area contributed by atoms with Gasteiger partial charge in [0.25, 0.3) is 11.8 Å². The summed E-state index contributed by atoms with van der Waals surface area (Å²) in [7, 11) is 0. The lowest BCUT2D eigenvalue weighted by Crippen LogP contribution is -2.38. The number of hydrogen-bond donors (Lipinski definition) is 3. The van der Waals surface area contributed by atoms with E-state index in [1.165, 1.54) is 24.3 Å². The van der Waals surface area contributed by atoms with Crippen LogP contribution in [0.5, 0.6) is 0 Å². The highest BCUT2D eigenvalue weighted by Crippen LogP contribution is 2.37. The second-order valence-corrected chi connectivity index (χ2v) is 9.09. The molecule has 3 N–H and O–H groups in total. The van der Waals surface area contributed by atoms with E-state index in [9.17, 15) is 22.8 Å². The molecular weight excluding hydrogens is 516 g/mol. The Hall–Kier alpha value is -2.93. The van der Waals surface area contributed by atoms with Crippen LogP contribution in [0, 0.1) is 11.3 Å². The summed E-state index contributed by atoms with van der Waals surface area (Å²) in [6, 6.07) is 7.14. The van der Waals surface area contributed by atoms with Gasteiger partial charge in [-0.25, -0.2) is 0 Å². The standard InChI is InChI=1S/C22H14Cl3F3N4O2/c23-13-2-1-10(6-15(13)25)18(22(26,27)28)31-20(34)17-7-11-5-12(14(24)8-16(11)30-17)19(33)32-21(9-29)3-4-21/h1-2,5-8,18,30H,3-4H2,(H,31,34)(H,32,33). The van der Waals surface area contributed by atoms with Crippen LogP contribution in [0.15, 0.2) is 36.4 Å². The van der Waals surface area contributed by atoms with E-state index in [0.717, 1.165) is 12.1 Å². The summed E-state index contributed by atoms with van der Waals surface area (Å²) in [6.07, 6.45) is -3.75. The number of nitriles is 1. The van der Waals surface area contributed by atoms with Gasteiger partial charge in [-0.1, -0.05) is 40.9 Å². The molecule has 1 saturated carbocycles. The summed E-state index contributed by atoms with van der Waals surface area (Å²) >= 11 is 17.8. The van der Waals surface area contributed by atoms with Gasteiger partial charge in [0, 0.05) is 10.9 Å². The zero-order valence-electron chi connectivity index (χ0n) is 17.0. The third-order valence-electron chi connectivity index (χ3n) is 5.39. The molecule has 0 aliphatic heterocycles. The third kappa shape index (κ3) is 4.80. The highest BCUT2D eigenvalue weighted by Gasteiger charge is 2.45. The number of carbonyl (C=O) groups is 2. The second kappa shape index (κ2) is 8.69. The van der Waals surface area contributed by atoms with Gasteiger partial charge in [-0.15, -0.1) is 0 Å². The molecule has 34 heavy (non-hydrogen) atoms. The molecule has 4 rings (SSSR count). The Labute approximate surface area is 206 Å². The van der Waals surface area contributed by atoms with E-state index >= 15 is 0 Å². The Balaban J connectivity index is 1.61. The number of nitrogens with zero attached hydrogens (tertiary/aromatic N) is 1. The van der Waals surface area contributed by atoms with E-state index in [-0.39, 0.29) is 31.9 Å². The number of halogens is 6. The van der Waals surface area contributed by atoms with Gasteiger partial charge in [-0.05, 0) is 48.7 Å². The van der Waals surface area contributed by atoms with Crippen LogP contribution < -0.4 is 10.6 Å². The van der Waals surface area contributed by atoms with Gasteiger partial charge in [0.2, 0.25) is 0 Å². The van der Waals surface area contributed by atoms with Crippen LogP contribution in [-0.4, -0.2) is 28.5 Å². The fraction of sp³-hybridized carbons (Fsp3) is 0.227. The van der Waals surface area contributed by atoms with Crippen LogP contribution in [0.4, 0.5) is 13.2 Å².